The summed E-state index contributed by atoms with van der Waals surface area (Å²) in [6.45, 7) is 4.22. The molecule has 0 spiro atoms. The van der Waals surface area contributed by atoms with E-state index in [2.05, 4.69) is 19.2 Å². The summed E-state index contributed by atoms with van der Waals surface area (Å²) in [4.78, 5) is 0. The van der Waals surface area contributed by atoms with Crippen molar-refractivity contribution < 1.29 is 4.39 Å². The maximum atomic E-state index is 13.8. The molecule has 0 aromatic heterocycles. The van der Waals surface area contributed by atoms with Crippen LogP contribution in [0, 0.1) is 5.82 Å². The van der Waals surface area contributed by atoms with Gasteiger partial charge in [0.15, 0.2) is 0 Å². The van der Waals surface area contributed by atoms with Crippen molar-refractivity contribution in [2.75, 3.05) is 0 Å². The van der Waals surface area contributed by atoms with Crippen molar-refractivity contribution in [1.82, 2.24) is 5.32 Å². The van der Waals surface area contributed by atoms with Gasteiger partial charge in [0.1, 0.15) is 5.82 Å². The van der Waals surface area contributed by atoms with E-state index in [1.807, 2.05) is 12.1 Å². The lowest BCUT2D eigenvalue weighted by Crippen LogP contribution is -2.26. The molecule has 0 aliphatic carbocycles. The Hall–Kier alpha value is -0.600. The minimum atomic E-state index is -0.257. The molecule has 3 atom stereocenters. The molecule has 1 N–H and O–H groups in total. The quantitative estimate of drug-likeness (QED) is 0.776. The summed E-state index contributed by atoms with van der Waals surface area (Å²) in [7, 11) is 0. The summed E-state index contributed by atoms with van der Waals surface area (Å²) in [5.41, 5.74) is 0.742. The van der Waals surface area contributed by atoms with Crippen LogP contribution in [-0.4, -0.2) is 12.1 Å². The Balaban J connectivity index is 2.33. The van der Waals surface area contributed by atoms with Crippen molar-refractivity contribution >= 4 is 11.6 Å². The summed E-state index contributed by atoms with van der Waals surface area (Å²) in [5, 5.41) is 3.62. The zero-order valence-corrected chi connectivity index (χ0v) is 9.68. The van der Waals surface area contributed by atoms with Crippen LogP contribution in [0.2, 0.25) is 5.02 Å². The lowest BCUT2D eigenvalue weighted by Gasteiger charge is -2.16. The van der Waals surface area contributed by atoms with Gasteiger partial charge in [-0.05, 0) is 31.9 Å². The molecule has 0 saturated carbocycles. The standard InChI is InChI=1S/C12H15ClFN/c1-7-6-10(8(2)15-7)9-4-3-5-11(13)12(9)14/h3-5,7-8,10,15H,6H2,1-2H3. The second-order valence-corrected chi connectivity index (χ2v) is 4.75. The van der Waals surface area contributed by atoms with E-state index in [0.29, 0.717) is 12.1 Å². The largest absolute Gasteiger partial charge is 0.311 e. The summed E-state index contributed by atoms with van der Waals surface area (Å²) < 4.78 is 13.8. The predicted molar refractivity (Wildman–Crippen MR) is 60.8 cm³/mol. The Bertz CT molecular complexity index is 367. The van der Waals surface area contributed by atoms with Crippen LogP contribution in [0.25, 0.3) is 0 Å². The molecule has 0 amide bonds. The van der Waals surface area contributed by atoms with E-state index in [0.717, 1.165) is 12.0 Å². The Morgan fingerprint density at radius 2 is 2.13 bits per heavy atom. The molecule has 3 heteroatoms. The maximum Gasteiger partial charge on any atom is 0.145 e. The second kappa shape index (κ2) is 4.11. The normalized spacial score (nSPS) is 30.8. The van der Waals surface area contributed by atoms with Crippen LogP contribution < -0.4 is 5.32 Å². The second-order valence-electron chi connectivity index (χ2n) is 4.34. The third kappa shape index (κ3) is 2.01. The summed E-state index contributed by atoms with van der Waals surface area (Å²) >= 11 is 5.78. The SMILES string of the molecule is CC1CC(c2cccc(Cl)c2F)C(C)N1. The molecule has 1 heterocycles. The Morgan fingerprint density at radius 3 is 2.73 bits per heavy atom. The van der Waals surface area contributed by atoms with Crippen LogP contribution in [0.15, 0.2) is 18.2 Å². The lowest BCUT2D eigenvalue weighted by atomic mass is 9.91. The van der Waals surface area contributed by atoms with Gasteiger partial charge >= 0.3 is 0 Å². The molecular formula is C12H15ClFN. The van der Waals surface area contributed by atoms with Gasteiger partial charge in [-0.3, -0.25) is 0 Å². The van der Waals surface area contributed by atoms with Gasteiger partial charge in [0.2, 0.25) is 0 Å². The highest BCUT2D eigenvalue weighted by Crippen LogP contribution is 2.34. The highest BCUT2D eigenvalue weighted by atomic mass is 35.5. The van der Waals surface area contributed by atoms with Gasteiger partial charge < -0.3 is 5.32 Å². The first-order valence-corrected chi connectivity index (χ1v) is 5.67. The number of benzene rings is 1. The number of hydrogen-bond acceptors (Lipinski definition) is 1. The predicted octanol–water partition coefficient (Wildman–Crippen LogP) is 3.33. The minimum Gasteiger partial charge on any atom is -0.311 e. The number of nitrogens with one attached hydrogen (secondary N) is 1. The maximum absolute atomic E-state index is 13.8. The molecule has 1 nitrogen and oxygen atoms in total. The summed E-state index contributed by atoms with van der Waals surface area (Å²) in [6.07, 6.45) is 0.971. The molecule has 1 aliphatic heterocycles. The van der Waals surface area contributed by atoms with Crippen molar-refractivity contribution in [2.45, 2.75) is 38.3 Å². The molecule has 2 rings (SSSR count). The van der Waals surface area contributed by atoms with E-state index < -0.39 is 0 Å². The van der Waals surface area contributed by atoms with Gasteiger partial charge in [-0.25, -0.2) is 4.39 Å². The zero-order valence-electron chi connectivity index (χ0n) is 8.93. The van der Waals surface area contributed by atoms with Gasteiger partial charge in [-0.2, -0.15) is 0 Å². The third-order valence-corrected chi connectivity index (χ3v) is 3.43. The average Bonchev–Trinajstić information content (AvgIpc) is 2.50. The molecule has 15 heavy (non-hydrogen) atoms. The Morgan fingerprint density at radius 1 is 1.40 bits per heavy atom. The first-order valence-electron chi connectivity index (χ1n) is 5.29. The first kappa shape index (κ1) is 10.9. The number of hydrogen-bond donors (Lipinski definition) is 1. The minimum absolute atomic E-state index is 0.222. The Labute approximate surface area is 94.6 Å². The molecule has 0 radical (unpaired) electrons. The molecular weight excluding hydrogens is 213 g/mol. The smallest absolute Gasteiger partial charge is 0.145 e. The summed E-state index contributed by atoms with van der Waals surface area (Å²) in [5.74, 6) is -0.0226. The third-order valence-electron chi connectivity index (χ3n) is 3.14. The van der Waals surface area contributed by atoms with Crippen molar-refractivity contribution in [2.24, 2.45) is 0 Å². The van der Waals surface area contributed by atoms with Crippen molar-refractivity contribution in [1.29, 1.82) is 0 Å². The monoisotopic (exact) mass is 227 g/mol. The van der Waals surface area contributed by atoms with E-state index in [1.165, 1.54) is 0 Å². The van der Waals surface area contributed by atoms with Crippen molar-refractivity contribution in [3.63, 3.8) is 0 Å². The van der Waals surface area contributed by atoms with Gasteiger partial charge in [0.25, 0.3) is 0 Å². The molecule has 82 valence electrons. The van der Waals surface area contributed by atoms with Gasteiger partial charge in [0.05, 0.1) is 5.02 Å². The van der Waals surface area contributed by atoms with Crippen LogP contribution in [-0.2, 0) is 0 Å². The van der Waals surface area contributed by atoms with E-state index in [-0.39, 0.29) is 16.8 Å². The van der Waals surface area contributed by atoms with Crippen LogP contribution in [0.5, 0.6) is 0 Å². The number of halogens is 2. The van der Waals surface area contributed by atoms with E-state index in [4.69, 9.17) is 11.6 Å². The Kier molecular flexibility index (Phi) is 2.98. The molecule has 1 aromatic carbocycles. The van der Waals surface area contributed by atoms with E-state index >= 15 is 0 Å². The zero-order chi connectivity index (χ0) is 11.0. The molecule has 1 aliphatic rings. The van der Waals surface area contributed by atoms with Crippen LogP contribution in [0.1, 0.15) is 31.7 Å². The lowest BCUT2D eigenvalue weighted by molar-refractivity contribution is 0.541. The van der Waals surface area contributed by atoms with Crippen LogP contribution in [0.3, 0.4) is 0 Å². The van der Waals surface area contributed by atoms with Gasteiger partial charge in [0, 0.05) is 18.0 Å². The fourth-order valence-electron chi connectivity index (χ4n) is 2.42. The van der Waals surface area contributed by atoms with E-state index in [9.17, 15) is 4.39 Å². The van der Waals surface area contributed by atoms with Gasteiger partial charge in [-0.15, -0.1) is 0 Å². The van der Waals surface area contributed by atoms with Crippen LogP contribution in [0.4, 0.5) is 4.39 Å². The number of rotatable bonds is 1. The molecule has 0 bridgehead atoms. The molecule has 1 fully saturated rings. The van der Waals surface area contributed by atoms with E-state index in [1.54, 1.807) is 6.07 Å². The first-order chi connectivity index (χ1) is 7.09. The van der Waals surface area contributed by atoms with Crippen molar-refractivity contribution in [3.8, 4) is 0 Å². The van der Waals surface area contributed by atoms with Gasteiger partial charge in [-0.1, -0.05) is 23.7 Å². The molecule has 3 unspecified atom stereocenters. The van der Waals surface area contributed by atoms with Crippen LogP contribution >= 0.6 is 11.6 Å². The highest BCUT2D eigenvalue weighted by Gasteiger charge is 2.31. The fourth-order valence-corrected chi connectivity index (χ4v) is 2.60. The highest BCUT2D eigenvalue weighted by molar-refractivity contribution is 6.30. The summed E-state index contributed by atoms with van der Waals surface area (Å²) in [6, 6.07) is 6.01. The molecule has 1 saturated heterocycles. The topological polar surface area (TPSA) is 12.0 Å². The molecule has 1 aromatic rings. The average molecular weight is 228 g/mol. The van der Waals surface area contributed by atoms with Crippen molar-refractivity contribution in [3.05, 3.63) is 34.6 Å². The fraction of sp³-hybridized carbons (Fsp3) is 0.500.